The van der Waals surface area contributed by atoms with Gasteiger partial charge in [-0.25, -0.2) is 10.2 Å². The van der Waals surface area contributed by atoms with Crippen LogP contribution in [0.4, 0.5) is 0 Å². The van der Waals surface area contributed by atoms with Crippen molar-refractivity contribution in [1.29, 1.82) is 0 Å². The summed E-state index contributed by atoms with van der Waals surface area (Å²) >= 11 is 19.4. The van der Waals surface area contributed by atoms with E-state index in [9.17, 15) is 9.59 Å². The fraction of sp³-hybridized carbons (Fsp3) is 0. The van der Waals surface area contributed by atoms with Crippen LogP contribution in [0.15, 0.2) is 45.6 Å². The van der Waals surface area contributed by atoms with E-state index in [2.05, 4.69) is 20.5 Å². The van der Waals surface area contributed by atoms with Crippen molar-refractivity contribution in [3.8, 4) is 10.6 Å². The minimum absolute atomic E-state index is 0.0717. The van der Waals surface area contributed by atoms with Crippen LogP contribution >= 0.6 is 46.1 Å². The zero-order valence-electron chi connectivity index (χ0n) is 12.8. The Bertz CT molecular complexity index is 1050. The average Bonchev–Trinajstić information content (AvgIpc) is 3.15. The van der Waals surface area contributed by atoms with Crippen LogP contribution in [0.1, 0.15) is 16.1 Å². The highest BCUT2D eigenvalue weighted by molar-refractivity contribution is 7.13. The lowest BCUT2D eigenvalue weighted by Gasteiger charge is -2.04. The van der Waals surface area contributed by atoms with Crippen LogP contribution in [0.3, 0.4) is 0 Å². The summed E-state index contributed by atoms with van der Waals surface area (Å²) in [4.78, 5) is 31.0. The molecule has 6 nitrogen and oxygen atoms in total. The lowest BCUT2D eigenvalue weighted by molar-refractivity contribution is 0.0949. The van der Waals surface area contributed by atoms with Crippen molar-refractivity contribution in [2.45, 2.75) is 0 Å². The predicted molar refractivity (Wildman–Crippen MR) is 105 cm³/mol. The molecule has 10 heteroatoms. The minimum Gasteiger partial charge on any atom is -0.305 e. The Balaban J connectivity index is 1.81. The van der Waals surface area contributed by atoms with E-state index in [1.54, 1.807) is 12.1 Å². The molecule has 0 fully saturated rings. The number of halogens is 3. The lowest BCUT2D eigenvalue weighted by Crippen LogP contribution is -2.24. The monoisotopic (exact) mass is 426 g/mol. The SMILES string of the molecule is O=C(N/N=C/c1c(Cl)ccc(Cl)c1Cl)c1cc(-c2cccs2)[nH]c(=O)n1. The average molecular weight is 428 g/mol. The summed E-state index contributed by atoms with van der Waals surface area (Å²) in [6.07, 6.45) is 1.27. The number of hydrazone groups is 1. The van der Waals surface area contributed by atoms with Crippen LogP contribution in [-0.2, 0) is 0 Å². The Morgan fingerprint density at radius 3 is 2.73 bits per heavy atom. The number of hydrogen-bond acceptors (Lipinski definition) is 5. The van der Waals surface area contributed by atoms with Gasteiger partial charge >= 0.3 is 5.69 Å². The summed E-state index contributed by atoms with van der Waals surface area (Å²) < 4.78 is 0. The molecular weight excluding hydrogens is 419 g/mol. The zero-order chi connectivity index (χ0) is 18.7. The lowest BCUT2D eigenvalue weighted by atomic mass is 10.2. The quantitative estimate of drug-likeness (QED) is 0.371. The third-order valence-corrected chi connectivity index (χ3v) is 5.25. The smallest absolute Gasteiger partial charge is 0.305 e. The van der Waals surface area contributed by atoms with E-state index < -0.39 is 11.6 Å². The number of carbonyl (C=O) groups excluding carboxylic acids is 1. The number of thiophene rings is 1. The van der Waals surface area contributed by atoms with Crippen molar-refractivity contribution in [2.75, 3.05) is 0 Å². The van der Waals surface area contributed by atoms with Crippen molar-refractivity contribution >= 4 is 58.3 Å². The number of H-pyrrole nitrogens is 1. The van der Waals surface area contributed by atoms with E-state index in [-0.39, 0.29) is 10.7 Å². The first-order valence-corrected chi connectivity index (χ1v) is 9.09. The summed E-state index contributed by atoms with van der Waals surface area (Å²) in [6, 6.07) is 8.23. The summed E-state index contributed by atoms with van der Waals surface area (Å²) in [7, 11) is 0. The maximum atomic E-state index is 12.2. The predicted octanol–water partition coefficient (Wildman–Crippen LogP) is 4.22. The van der Waals surface area contributed by atoms with E-state index in [1.165, 1.54) is 23.6 Å². The minimum atomic E-state index is -0.653. The Morgan fingerprint density at radius 2 is 2.00 bits per heavy atom. The van der Waals surface area contributed by atoms with Gasteiger partial charge in [-0.1, -0.05) is 40.9 Å². The Labute approximate surface area is 166 Å². The molecule has 0 unspecified atom stereocenters. The molecule has 0 spiro atoms. The van der Waals surface area contributed by atoms with Gasteiger partial charge in [0, 0.05) is 5.56 Å². The molecule has 26 heavy (non-hydrogen) atoms. The van der Waals surface area contributed by atoms with Gasteiger partial charge in [0.05, 0.1) is 31.9 Å². The second kappa shape index (κ2) is 8.01. The van der Waals surface area contributed by atoms with E-state index >= 15 is 0 Å². The number of carbonyl (C=O) groups is 1. The van der Waals surface area contributed by atoms with Crippen LogP contribution in [-0.4, -0.2) is 22.1 Å². The third kappa shape index (κ3) is 4.13. The molecular formula is C16H9Cl3N4O2S. The molecule has 3 rings (SSSR count). The molecule has 0 saturated carbocycles. The van der Waals surface area contributed by atoms with Gasteiger partial charge in [-0.05, 0) is 29.6 Å². The maximum Gasteiger partial charge on any atom is 0.346 e. The highest BCUT2D eigenvalue weighted by Gasteiger charge is 2.12. The van der Waals surface area contributed by atoms with Crippen LogP contribution in [0.25, 0.3) is 10.6 Å². The molecule has 2 heterocycles. The first-order chi connectivity index (χ1) is 12.5. The normalized spacial score (nSPS) is 11.0. The van der Waals surface area contributed by atoms with Crippen LogP contribution in [0.2, 0.25) is 15.1 Å². The largest absolute Gasteiger partial charge is 0.346 e. The number of aromatic nitrogens is 2. The van der Waals surface area contributed by atoms with Gasteiger partial charge in [0.15, 0.2) is 0 Å². The third-order valence-electron chi connectivity index (χ3n) is 3.20. The number of nitrogens with zero attached hydrogens (tertiary/aromatic N) is 2. The van der Waals surface area contributed by atoms with Crippen molar-refractivity contribution in [2.24, 2.45) is 5.10 Å². The van der Waals surface area contributed by atoms with Crippen molar-refractivity contribution < 1.29 is 4.79 Å². The molecule has 1 aromatic carbocycles. The number of rotatable bonds is 4. The van der Waals surface area contributed by atoms with E-state index in [4.69, 9.17) is 34.8 Å². The summed E-state index contributed by atoms with van der Waals surface area (Å²) in [5.74, 6) is -0.653. The molecule has 132 valence electrons. The van der Waals surface area contributed by atoms with Crippen molar-refractivity contribution in [1.82, 2.24) is 15.4 Å². The van der Waals surface area contributed by atoms with Crippen LogP contribution in [0.5, 0.6) is 0 Å². The standard InChI is InChI=1S/C16H9Cl3N4O2S/c17-9-3-4-10(18)14(19)8(9)7-20-23-15(24)12-6-11(21-16(25)22-12)13-2-1-5-26-13/h1-7H,(H,23,24)(H,21,22,25)/b20-7+. The Kier molecular flexibility index (Phi) is 5.73. The molecule has 0 radical (unpaired) electrons. The summed E-state index contributed by atoms with van der Waals surface area (Å²) in [5.41, 5.74) is 2.43. The first kappa shape index (κ1) is 18.6. The van der Waals surface area contributed by atoms with E-state index in [0.717, 1.165) is 4.88 Å². The van der Waals surface area contributed by atoms with Crippen molar-refractivity contribution in [3.63, 3.8) is 0 Å². The summed E-state index contributed by atoms with van der Waals surface area (Å²) in [5, 5.41) is 6.50. The molecule has 0 aliphatic rings. The van der Waals surface area contributed by atoms with Crippen molar-refractivity contribution in [3.05, 3.63) is 72.5 Å². The van der Waals surface area contributed by atoms with Gasteiger partial charge in [-0.3, -0.25) is 4.79 Å². The number of aromatic amines is 1. The molecule has 0 aliphatic heterocycles. The molecule has 0 bridgehead atoms. The van der Waals surface area contributed by atoms with Gasteiger partial charge in [0.25, 0.3) is 5.91 Å². The van der Waals surface area contributed by atoms with Gasteiger partial charge in [0.2, 0.25) is 0 Å². The fourth-order valence-corrected chi connectivity index (χ4v) is 3.34. The van der Waals surface area contributed by atoms with Gasteiger partial charge in [-0.2, -0.15) is 10.1 Å². The van der Waals surface area contributed by atoms with E-state index in [0.29, 0.717) is 21.3 Å². The highest BCUT2D eigenvalue weighted by Crippen LogP contribution is 2.30. The second-order valence-corrected chi connectivity index (χ2v) is 7.06. The topological polar surface area (TPSA) is 87.2 Å². The second-order valence-electron chi connectivity index (χ2n) is 4.92. The molecule has 1 amide bonds. The highest BCUT2D eigenvalue weighted by atomic mass is 35.5. The number of amides is 1. The van der Waals surface area contributed by atoms with E-state index in [1.807, 2.05) is 17.5 Å². The Hall–Kier alpha value is -2.19. The molecule has 0 aliphatic carbocycles. The fourth-order valence-electron chi connectivity index (χ4n) is 2.01. The first-order valence-electron chi connectivity index (χ1n) is 7.08. The molecule has 2 aromatic heterocycles. The molecule has 0 atom stereocenters. The molecule has 2 N–H and O–H groups in total. The van der Waals surface area contributed by atoms with Gasteiger partial charge < -0.3 is 4.98 Å². The maximum absolute atomic E-state index is 12.2. The van der Waals surface area contributed by atoms with Crippen LogP contribution in [0, 0.1) is 0 Å². The van der Waals surface area contributed by atoms with Crippen LogP contribution < -0.4 is 11.1 Å². The number of benzene rings is 1. The van der Waals surface area contributed by atoms with Gasteiger partial charge in [-0.15, -0.1) is 11.3 Å². The number of nitrogens with one attached hydrogen (secondary N) is 2. The molecule has 0 saturated heterocycles. The van der Waals surface area contributed by atoms with Gasteiger partial charge in [0.1, 0.15) is 5.69 Å². The number of hydrogen-bond donors (Lipinski definition) is 2. The Morgan fingerprint density at radius 1 is 1.23 bits per heavy atom. The zero-order valence-corrected chi connectivity index (χ0v) is 15.9. The summed E-state index contributed by atoms with van der Waals surface area (Å²) in [6.45, 7) is 0. The molecule has 3 aromatic rings.